The number of anilines is 1. The number of aliphatic carboxylic acids is 1. The summed E-state index contributed by atoms with van der Waals surface area (Å²) in [4.78, 5) is 45.3. The van der Waals surface area contributed by atoms with Crippen molar-refractivity contribution in [1.29, 1.82) is 0 Å². The Balaban J connectivity index is 1.58. The van der Waals surface area contributed by atoms with Crippen LogP contribution in [0.3, 0.4) is 0 Å². The van der Waals surface area contributed by atoms with Crippen LogP contribution in [0, 0.1) is 6.92 Å². The van der Waals surface area contributed by atoms with Crippen molar-refractivity contribution in [2.24, 2.45) is 0 Å². The fraction of sp³-hybridized carbons (Fsp3) is 0.286. The lowest BCUT2D eigenvalue weighted by atomic mass is 10.1. The Labute approximate surface area is 182 Å². The van der Waals surface area contributed by atoms with Crippen LogP contribution in [0.4, 0.5) is 5.82 Å². The Bertz CT molecular complexity index is 1110. The van der Waals surface area contributed by atoms with Gasteiger partial charge in [0.2, 0.25) is 5.91 Å². The van der Waals surface area contributed by atoms with E-state index in [4.69, 9.17) is 5.11 Å². The fourth-order valence-corrected chi connectivity index (χ4v) is 3.86. The minimum absolute atomic E-state index is 0.293. The van der Waals surface area contributed by atoms with Gasteiger partial charge in [0.15, 0.2) is 0 Å². The molecule has 0 fully saturated rings. The van der Waals surface area contributed by atoms with E-state index in [9.17, 15) is 14.4 Å². The standard InChI is InChI=1S/C21H23N5O4S/c1-3-15-8-16-19(25-12(2)26-21(16)31-15)23-9-13-4-6-14(7-5-13)20(30)24-10-17(27)22-11-18(28)29/h4-8H,3,9-11H2,1-2H3,(H,22,27)(H,24,30)(H,28,29)(H,23,25,26). The van der Waals surface area contributed by atoms with E-state index >= 15 is 0 Å². The maximum absolute atomic E-state index is 12.2. The number of nitrogens with one attached hydrogen (secondary N) is 3. The molecule has 0 saturated carbocycles. The molecule has 4 N–H and O–H groups in total. The maximum atomic E-state index is 12.2. The number of aryl methyl sites for hydroxylation is 2. The number of thiophene rings is 1. The van der Waals surface area contributed by atoms with Crippen molar-refractivity contribution < 1.29 is 19.5 Å². The van der Waals surface area contributed by atoms with E-state index < -0.39 is 24.3 Å². The van der Waals surface area contributed by atoms with E-state index in [1.54, 1.807) is 23.5 Å². The van der Waals surface area contributed by atoms with Crippen LogP contribution in [0.15, 0.2) is 30.3 Å². The number of aromatic nitrogens is 2. The number of carboxylic acids is 1. The molecule has 3 aromatic rings. The second kappa shape index (κ2) is 9.98. The summed E-state index contributed by atoms with van der Waals surface area (Å²) in [6.07, 6.45) is 0.949. The largest absolute Gasteiger partial charge is 0.480 e. The van der Waals surface area contributed by atoms with E-state index in [1.165, 1.54) is 4.88 Å². The van der Waals surface area contributed by atoms with Gasteiger partial charge in [-0.1, -0.05) is 19.1 Å². The SMILES string of the molecule is CCc1cc2c(NCc3ccc(C(=O)NCC(=O)NCC(=O)O)cc3)nc(C)nc2s1. The summed E-state index contributed by atoms with van der Waals surface area (Å²) in [5.41, 5.74) is 1.37. The third kappa shape index (κ3) is 5.98. The average molecular weight is 442 g/mol. The first-order valence-corrected chi connectivity index (χ1v) is 10.5. The molecule has 0 aliphatic rings. The highest BCUT2D eigenvalue weighted by Gasteiger charge is 2.11. The molecular formula is C21H23N5O4S. The number of amides is 2. The van der Waals surface area contributed by atoms with Crippen LogP contribution in [-0.2, 0) is 22.6 Å². The molecule has 0 atom stereocenters. The highest BCUT2D eigenvalue weighted by molar-refractivity contribution is 7.18. The first-order valence-electron chi connectivity index (χ1n) is 9.72. The van der Waals surface area contributed by atoms with Gasteiger partial charge in [-0.2, -0.15) is 0 Å². The molecule has 0 saturated heterocycles. The smallest absolute Gasteiger partial charge is 0.322 e. The number of carbonyl (C=O) groups is 3. The van der Waals surface area contributed by atoms with Gasteiger partial charge in [0.05, 0.1) is 11.9 Å². The van der Waals surface area contributed by atoms with E-state index in [0.29, 0.717) is 17.9 Å². The maximum Gasteiger partial charge on any atom is 0.322 e. The summed E-state index contributed by atoms with van der Waals surface area (Å²) in [6.45, 7) is 3.73. The van der Waals surface area contributed by atoms with Crippen molar-refractivity contribution in [3.05, 3.63) is 52.2 Å². The molecule has 2 amide bonds. The van der Waals surface area contributed by atoms with Crippen LogP contribution in [0.2, 0.25) is 0 Å². The fourth-order valence-electron chi connectivity index (χ4n) is 2.85. The van der Waals surface area contributed by atoms with Crippen molar-refractivity contribution in [3.63, 3.8) is 0 Å². The molecule has 2 heterocycles. The molecule has 0 unspecified atom stereocenters. The summed E-state index contributed by atoms with van der Waals surface area (Å²) < 4.78 is 0. The lowest BCUT2D eigenvalue weighted by molar-refractivity contribution is -0.137. The average Bonchev–Trinajstić information content (AvgIpc) is 3.17. The Morgan fingerprint density at radius 3 is 2.48 bits per heavy atom. The van der Waals surface area contributed by atoms with Crippen LogP contribution in [0.1, 0.15) is 33.5 Å². The summed E-state index contributed by atoms with van der Waals surface area (Å²) >= 11 is 1.67. The predicted octanol–water partition coefficient (Wildman–Crippen LogP) is 2.10. The zero-order valence-corrected chi connectivity index (χ0v) is 18.0. The van der Waals surface area contributed by atoms with Crippen LogP contribution in [0.25, 0.3) is 10.2 Å². The van der Waals surface area contributed by atoms with Gasteiger partial charge in [0.1, 0.15) is 23.0 Å². The minimum atomic E-state index is -1.15. The molecule has 0 aliphatic carbocycles. The number of nitrogens with zero attached hydrogens (tertiary/aromatic N) is 2. The van der Waals surface area contributed by atoms with Gasteiger partial charge in [-0.15, -0.1) is 11.3 Å². The number of benzene rings is 1. The number of hydrogen-bond acceptors (Lipinski definition) is 7. The van der Waals surface area contributed by atoms with E-state index in [1.807, 2.05) is 19.1 Å². The molecule has 0 spiro atoms. The third-order valence-corrected chi connectivity index (χ3v) is 5.60. The molecule has 9 nitrogen and oxygen atoms in total. The molecule has 2 aromatic heterocycles. The Hall–Kier alpha value is -3.53. The summed E-state index contributed by atoms with van der Waals surface area (Å²) in [5.74, 6) is -0.635. The normalized spacial score (nSPS) is 10.6. The molecule has 10 heteroatoms. The van der Waals surface area contributed by atoms with Gasteiger partial charge in [0.25, 0.3) is 5.91 Å². The molecule has 1 aromatic carbocycles. The monoisotopic (exact) mass is 441 g/mol. The second-order valence-corrected chi connectivity index (χ2v) is 7.92. The van der Waals surface area contributed by atoms with Crippen LogP contribution >= 0.6 is 11.3 Å². The number of carbonyl (C=O) groups excluding carboxylic acids is 2. The highest BCUT2D eigenvalue weighted by Crippen LogP contribution is 2.29. The lowest BCUT2D eigenvalue weighted by Crippen LogP contribution is -2.39. The van der Waals surface area contributed by atoms with Gasteiger partial charge in [-0.25, -0.2) is 9.97 Å². The first kappa shape index (κ1) is 22.2. The Morgan fingerprint density at radius 2 is 1.81 bits per heavy atom. The minimum Gasteiger partial charge on any atom is -0.480 e. The predicted molar refractivity (Wildman–Crippen MR) is 118 cm³/mol. The van der Waals surface area contributed by atoms with Crippen LogP contribution in [-0.4, -0.2) is 45.9 Å². The van der Waals surface area contributed by atoms with Crippen LogP contribution < -0.4 is 16.0 Å². The third-order valence-electron chi connectivity index (χ3n) is 4.43. The number of hydrogen-bond donors (Lipinski definition) is 4. The topological polar surface area (TPSA) is 133 Å². The first-order chi connectivity index (χ1) is 14.9. The van der Waals surface area contributed by atoms with Gasteiger partial charge in [-0.3, -0.25) is 14.4 Å². The van der Waals surface area contributed by atoms with Gasteiger partial charge in [-0.05, 0) is 37.1 Å². The van der Waals surface area contributed by atoms with Gasteiger partial charge < -0.3 is 21.1 Å². The number of rotatable bonds is 9. The molecule has 0 bridgehead atoms. The number of carboxylic acid groups (broad SMARTS) is 1. The highest BCUT2D eigenvalue weighted by atomic mass is 32.1. The summed E-state index contributed by atoms with van der Waals surface area (Å²) in [5, 5.41) is 17.5. The lowest BCUT2D eigenvalue weighted by Gasteiger charge is -2.09. The second-order valence-electron chi connectivity index (χ2n) is 6.81. The van der Waals surface area contributed by atoms with Crippen molar-refractivity contribution in [2.45, 2.75) is 26.8 Å². The molecule has 0 aliphatic heterocycles. The Kier molecular flexibility index (Phi) is 7.14. The zero-order valence-electron chi connectivity index (χ0n) is 17.2. The van der Waals surface area contributed by atoms with Gasteiger partial charge >= 0.3 is 5.97 Å². The molecule has 0 radical (unpaired) electrons. The van der Waals surface area contributed by atoms with E-state index in [0.717, 1.165) is 28.0 Å². The van der Waals surface area contributed by atoms with Crippen molar-refractivity contribution >= 4 is 45.2 Å². The summed E-state index contributed by atoms with van der Waals surface area (Å²) in [6, 6.07) is 9.09. The molecule has 162 valence electrons. The van der Waals surface area contributed by atoms with Crippen LogP contribution in [0.5, 0.6) is 0 Å². The molecule has 31 heavy (non-hydrogen) atoms. The molecule has 3 rings (SSSR count). The van der Waals surface area contributed by atoms with Crippen molar-refractivity contribution in [2.75, 3.05) is 18.4 Å². The van der Waals surface area contributed by atoms with E-state index in [2.05, 4.69) is 38.9 Å². The summed E-state index contributed by atoms with van der Waals surface area (Å²) in [7, 11) is 0. The van der Waals surface area contributed by atoms with Crippen molar-refractivity contribution in [1.82, 2.24) is 20.6 Å². The number of fused-ring (bicyclic) bond motifs is 1. The molecular weight excluding hydrogens is 418 g/mol. The zero-order chi connectivity index (χ0) is 22.4. The van der Waals surface area contributed by atoms with Gasteiger partial charge in [0, 0.05) is 17.0 Å². The van der Waals surface area contributed by atoms with Crippen molar-refractivity contribution in [3.8, 4) is 0 Å². The Morgan fingerprint density at radius 1 is 1.06 bits per heavy atom. The quantitative estimate of drug-likeness (QED) is 0.400. The van der Waals surface area contributed by atoms with E-state index in [-0.39, 0.29) is 6.54 Å².